The molecule has 0 radical (unpaired) electrons. The molecule has 5 heteroatoms. The lowest BCUT2D eigenvalue weighted by Crippen LogP contribution is -2.05. The molecular weight excluding hydrogens is 241 g/mol. The highest BCUT2D eigenvalue weighted by molar-refractivity contribution is 6.31. The fourth-order valence-corrected chi connectivity index (χ4v) is 1.64. The Labute approximate surface area is 103 Å². The highest BCUT2D eigenvalue weighted by atomic mass is 35.5. The van der Waals surface area contributed by atoms with Crippen LogP contribution < -0.4 is 5.73 Å². The van der Waals surface area contributed by atoms with E-state index in [9.17, 15) is 4.39 Å². The van der Waals surface area contributed by atoms with E-state index in [-0.39, 0.29) is 5.02 Å². The van der Waals surface area contributed by atoms with Crippen molar-refractivity contribution in [2.75, 3.05) is 6.54 Å². The van der Waals surface area contributed by atoms with Gasteiger partial charge in [0, 0.05) is 23.9 Å². The Balaban J connectivity index is 2.38. The maximum Gasteiger partial charge on any atom is 0.159 e. The molecule has 0 amide bonds. The van der Waals surface area contributed by atoms with E-state index in [2.05, 4.69) is 9.97 Å². The summed E-state index contributed by atoms with van der Waals surface area (Å²) in [6.45, 7) is 0.528. The number of nitrogens with zero attached hydrogens (tertiary/aromatic N) is 2. The number of halogens is 2. The van der Waals surface area contributed by atoms with E-state index in [0.717, 1.165) is 5.69 Å². The second-order valence-electron chi connectivity index (χ2n) is 3.54. The quantitative estimate of drug-likeness (QED) is 0.912. The van der Waals surface area contributed by atoms with Crippen molar-refractivity contribution in [2.45, 2.75) is 6.42 Å². The molecule has 0 aliphatic rings. The fraction of sp³-hybridized carbons (Fsp3) is 0.167. The third kappa shape index (κ3) is 2.78. The first-order valence-electron chi connectivity index (χ1n) is 5.18. The summed E-state index contributed by atoms with van der Waals surface area (Å²) in [5.41, 5.74) is 7.01. The van der Waals surface area contributed by atoms with Crippen LogP contribution in [0.5, 0.6) is 0 Å². The number of hydrogen-bond acceptors (Lipinski definition) is 3. The predicted octanol–water partition coefficient (Wildman–Crippen LogP) is 2.44. The van der Waals surface area contributed by atoms with Crippen molar-refractivity contribution in [1.29, 1.82) is 0 Å². The number of aromatic nitrogens is 2. The predicted molar refractivity (Wildman–Crippen MR) is 65.2 cm³/mol. The normalized spacial score (nSPS) is 10.5. The molecule has 1 aromatic heterocycles. The molecule has 0 aliphatic carbocycles. The van der Waals surface area contributed by atoms with Gasteiger partial charge in [-0.05, 0) is 30.8 Å². The maximum absolute atomic E-state index is 13.0. The zero-order valence-electron chi connectivity index (χ0n) is 9.03. The lowest BCUT2D eigenvalue weighted by molar-refractivity contribution is 0.628. The Morgan fingerprint density at radius 3 is 2.82 bits per heavy atom. The van der Waals surface area contributed by atoms with Crippen LogP contribution in [0.2, 0.25) is 5.02 Å². The average molecular weight is 252 g/mol. The molecule has 0 unspecified atom stereocenters. The van der Waals surface area contributed by atoms with E-state index >= 15 is 0 Å². The van der Waals surface area contributed by atoms with Gasteiger partial charge in [0.2, 0.25) is 0 Å². The van der Waals surface area contributed by atoms with Gasteiger partial charge in [0.05, 0.1) is 5.02 Å². The first kappa shape index (κ1) is 12.0. The summed E-state index contributed by atoms with van der Waals surface area (Å²) < 4.78 is 13.0. The van der Waals surface area contributed by atoms with Crippen molar-refractivity contribution in [1.82, 2.24) is 9.97 Å². The zero-order chi connectivity index (χ0) is 12.3. The van der Waals surface area contributed by atoms with Gasteiger partial charge in [0.15, 0.2) is 5.82 Å². The second kappa shape index (κ2) is 5.21. The summed E-state index contributed by atoms with van der Waals surface area (Å²) >= 11 is 5.71. The molecule has 2 N–H and O–H groups in total. The molecule has 3 nitrogen and oxygen atoms in total. The van der Waals surface area contributed by atoms with E-state index < -0.39 is 5.82 Å². The van der Waals surface area contributed by atoms with Gasteiger partial charge in [-0.3, -0.25) is 0 Å². The molecule has 0 spiro atoms. The van der Waals surface area contributed by atoms with Crippen molar-refractivity contribution >= 4 is 11.6 Å². The first-order valence-corrected chi connectivity index (χ1v) is 5.56. The molecule has 2 aromatic rings. The monoisotopic (exact) mass is 251 g/mol. The summed E-state index contributed by atoms with van der Waals surface area (Å²) in [6, 6.07) is 6.22. The average Bonchev–Trinajstić information content (AvgIpc) is 2.33. The highest BCUT2D eigenvalue weighted by Crippen LogP contribution is 2.22. The smallest absolute Gasteiger partial charge is 0.159 e. The van der Waals surface area contributed by atoms with Crippen molar-refractivity contribution in [2.24, 2.45) is 5.73 Å². The maximum atomic E-state index is 13.0. The molecule has 0 saturated heterocycles. The van der Waals surface area contributed by atoms with Crippen LogP contribution in [0.25, 0.3) is 11.4 Å². The SMILES string of the molecule is NCCc1ccnc(-c2ccc(F)c(Cl)c2)n1. The van der Waals surface area contributed by atoms with Crippen LogP contribution >= 0.6 is 11.6 Å². The molecule has 1 heterocycles. The van der Waals surface area contributed by atoms with Crippen molar-refractivity contribution in [3.8, 4) is 11.4 Å². The minimum Gasteiger partial charge on any atom is -0.330 e. The van der Waals surface area contributed by atoms with Crippen LogP contribution in [0.4, 0.5) is 4.39 Å². The highest BCUT2D eigenvalue weighted by Gasteiger charge is 2.06. The summed E-state index contributed by atoms with van der Waals surface area (Å²) in [4.78, 5) is 8.46. The molecular formula is C12H11ClFN3. The second-order valence-corrected chi connectivity index (χ2v) is 3.95. The van der Waals surface area contributed by atoms with Crippen LogP contribution in [0.1, 0.15) is 5.69 Å². The Morgan fingerprint density at radius 2 is 2.12 bits per heavy atom. The van der Waals surface area contributed by atoms with E-state index in [1.54, 1.807) is 12.3 Å². The van der Waals surface area contributed by atoms with Gasteiger partial charge < -0.3 is 5.73 Å². The van der Waals surface area contributed by atoms with Crippen molar-refractivity contribution in [3.63, 3.8) is 0 Å². The number of benzene rings is 1. The van der Waals surface area contributed by atoms with Crippen LogP contribution in [0, 0.1) is 5.82 Å². The Morgan fingerprint density at radius 1 is 1.29 bits per heavy atom. The van der Waals surface area contributed by atoms with Crippen LogP contribution in [0.3, 0.4) is 0 Å². The lowest BCUT2D eigenvalue weighted by Gasteiger charge is -2.03. The van der Waals surface area contributed by atoms with Gasteiger partial charge in [-0.2, -0.15) is 0 Å². The van der Waals surface area contributed by atoms with E-state index in [0.29, 0.717) is 24.4 Å². The zero-order valence-corrected chi connectivity index (χ0v) is 9.78. The Hall–Kier alpha value is -1.52. The topological polar surface area (TPSA) is 51.8 Å². The van der Waals surface area contributed by atoms with Gasteiger partial charge in [-0.25, -0.2) is 14.4 Å². The Kier molecular flexibility index (Phi) is 3.66. The minimum absolute atomic E-state index is 0.0651. The molecule has 17 heavy (non-hydrogen) atoms. The molecule has 0 saturated carbocycles. The number of rotatable bonds is 3. The molecule has 88 valence electrons. The van der Waals surface area contributed by atoms with Crippen molar-refractivity contribution in [3.05, 3.63) is 47.0 Å². The molecule has 0 aliphatic heterocycles. The lowest BCUT2D eigenvalue weighted by atomic mass is 10.2. The van der Waals surface area contributed by atoms with Gasteiger partial charge in [0.25, 0.3) is 0 Å². The molecule has 2 rings (SSSR count). The minimum atomic E-state index is -0.450. The third-order valence-electron chi connectivity index (χ3n) is 2.29. The van der Waals surface area contributed by atoms with E-state index in [4.69, 9.17) is 17.3 Å². The molecule has 1 aromatic carbocycles. The summed E-state index contributed by atoms with van der Waals surface area (Å²) in [7, 11) is 0. The van der Waals surface area contributed by atoms with Crippen LogP contribution in [-0.2, 0) is 6.42 Å². The molecule has 0 bridgehead atoms. The first-order chi connectivity index (χ1) is 8.20. The van der Waals surface area contributed by atoms with Crippen molar-refractivity contribution < 1.29 is 4.39 Å². The Bertz CT molecular complexity index is 531. The van der Waals surface area contributed by atoms with E-state index in [1.165, 1.54) is 12.1 Å². The van der Waals surface area contributed by atoms with Crippen LogP contribution in [0.15, 0.2) is 30.5 Å². The van der Waals surface area contributed by atoms with Crippen LogP contribution in [-0.4, -0.2) is 16.5 Å². The summed E-state index contributed by atoms with van der Waals surface area (Å²) in [6.07, 6.45) is 2.34. The fourth-order valence-electron chi connectivity index (χ4n) is 1.46. The number of hydrogen-bond donors (Lipinski definition) is 1. The van der Waals surface area contributed by atoms with Gasteiger partial charge in [-0.15, -0.1) is 0 Å². The standard InChI is InChI=1S/C12H11ClFN3/c13-10-7-8(1-2-11(10)14)12-16-6-4-9(17-12)3-5-15/h1-2,4,6-7H,3,5,15H2. The largest absolute Gasteiger partial charge is 0.330 e. The van der Waals surface area contributed by atoms with Gasteiger partial charge in [0.1, 0.15) is 5.82 Å². The number of nitrogens with two attached hydrogens (primary N) is 1. The summed E-state index contributed by atoms with van der Waals surface area (Å²) in [5.74, 6) is 0.0754. The van der Waals surface area contributed by atoms with Gasteiger partial charge in [-0.1, -0.05) is 11.6 Å². The van der Waals surface area contributed by atoms with E-state index in [1.807, 2.05) is 6.07 Å². The summed E-state index contributed by atoms with van der Waals surface area (Å²) in [5, 5.41) is 0.0651. The molecule has 0 atom stereocenters. The van der Waals surface area contributed by atoms with Gasteiger partial charge >= 0.3 is 0 Å². The molecule has 0 fully saturated rings. The third-order valence-corrected chi connectivity index (χ3v) is 2.58.